The number of amides is 2. The monoisotopic (exact) mass is 698 g/mol. The van der Waals surface area contributed by atoms with E-state index in [-0.39, 0.29) is 31.1 Å². The number of ether oxygens (including phenoxy) is 2. The number of rotatable bonds is 16. The highest BCUT2D eigenvalue weighted by atomic mass is 16.7. The van der Waals surface area contributed by atoms with Gasteiger partial charge in [-0.2, -0.15) is 0 Å². The summed E-state index contributed by atoms with van der Waals surface area (Å²) in [5, 5.41) is 21.2. The summed E-state index contributed by atoms with van der Waals surface area (Å²) in [6.45, 7) is 6.03. The lowest BCUT2D eigenvalue weighted by Gasteiger charge is -2.39. The lowest BCUT2D eigenvalue weighted by atomic mass is 9.98. The van der Waals surface area contributed by atoms with Crippen molar-refractivity contribution in [3.8, 4) is 11.1 Å². The smallest absolute Gasteiger partial charge is 0.243 e. The Morgan fingerprint density at radius 2 is 1.51 bits per heavy atom. The van der Waals surface area contributed by atoms with Gasteiger partial charge in [0.05, 0.1) is 18.8 Å². The van der Waals surface area contributed by atoms with Gasteiger partial charge >= 0.3 is 0 Å². The molecule has 274 valence electrons. The Bertz CT molecular complexity index is 1560. The molecule has 3 aromatic carbocycles. The molecular formula is C41H54N4O6. The van der Waals surface area contributed by atoms with Crippen molar-refractivity contribution in [2.24, 2.45) is 0 Å². The van der Waals surface area contributed by atoms with E-state index in [0.29, 0.717) is 31.8 Å². The van der Waals surface area contributed by atoms with Crippen molar-refractivity contribution >= 4 is 11.8 Å². The van der Waals surface area contributed by atoms with Crippen LogP contribution in [0, 0.1) is 0 Å². The zero-order valence-corrected chi connectivity index (χ0v) is 29.7. The second-order valence-corrected chi connectivity index (χ2v) is 14.3. The number of unbranched alkanes of at least 4 members (excludes halogenated alkanes) is 2. The fraction of sp³-hybridized carbons (Fsp3) is 0.512. The molecule has 3 aliphatic heterocycles. The molecule has 0 bridgehead atoms. The van der Waals surface area contributed by atoms with Gasteiger partial charge in [0.1, 0.15) is 0 Å². The van der Waals surface area contributed by atoms with Crippen LogP contribution in [0.2, 0.25) is 0 Å². The summed E-state index contributed by atoms with van der Waals surface area (Å²) in [5.74, 6) is -0.423. The molecule has 3 heterocycles. The summed E-state index contributed by atoms with van der Waals surface area (Å²) >= 11 is 0. The second-order valence-electron chi connectivity index (χ2n) is 14.3. The molecule has 0 saturated carbocycles. The van der Waals surface area contributed by atoms with Crippen LogP contribution >= 0.6 is 0 Å². The van der Waals surface area contributed by atoms with Gasteiger partial charge in [-0.1, -0.05) is 67.1 Å². The minimum atomic E-state index is -0.522. The molecule has 2 amide bonds. The normalized spacial score (nSPS) is 22.6. The van der Waals surface area contributed by atoms with Crippen LogP contribution < -0.4 is 10.8 Å². The van der Waals surface area contributed by atoms with E-state index in [0.717, 1.165) is 65.9 Å². The van der Waals surface area contributed by atoms with Crippen molar-refractivity contribution in [2.45, 2.75) is 102 Å². The molecule has 3 fully saturated rings. The van der Waals surface area contributed by atoms with Crippen molar-refractivity contribution in [3.63, 3.8) is 0 Å². The Morgan fingerprint density at radius 3 is 2.27 bits per heavy atom. The number of aliphatic hydroxyl groups excluding tert-OH is 1. The number of nitrogens with zero attached hydrogens (tertiary/aromatic N) is 2. The van der Waals surface area contributed by atoms with E-state index in [2.05, 4.69) is 63.6 Å². The van der Waals surface area contributed by atoms with Crippen LogP contribution in [0.25, 0.3) is 11.1 Å². The molecule has 3 aliphatic rings. The number of benzene rings is 3. The number of carbonyl (C=O) groups excluding carboxylic acids is 2. The third-order valence-electron chi connectivity index (χ3n) is 10.6. The predicted molar refractivity (Wildman–Crippen MR) is 195 cm³/mol. The molecule has 0 aliphatic carbocycles. The molecule has 10 heteroatoms. The second kappa shape index (κ2) is 18.7. The maximum Gasteiger partial charge on any atom is 0.243 e. The van der Waals surface area contributed by atoms with Gasteiger partial charge in [-0.25, -0.2) is 5.48 Å². The largest absolute Gasteiger partial charge is 0.392 e. The Hall–Kier alpha value is -3.64. The van der Waals surface area contributed by atoms with Crippen LogP contribution in [0.1, 0.15) is 98.9 Å². The minimum absolute atomic E-state index is 0.0149. The molecular weight excluding hydrogens is 644 g/mol. The topological polar surface area (TPSA) is 124 Å². The van der Waals surface area contributed by atoms with Gasteiger partial charge in [0.2, 0.25) is 11.8 Å². The predicted octanol–water partition coefficient (Wildman–Crippen LogP) is 6.02. The van der Waals surface area contributed by atoms with Crippen LogP contribution in [0.3, 0.4) is 0 Å². The average Bonchev–Trinajstić information content (AvgIpc) is 3.86. The first-order valence-electron chi connectivity index (χ1n) is 18.8. The maximum absolute atomic E-state index is 12.5. The van der Waals surface area contributed by atoms with E-state index >= 15 is 0 Å². The first-order chi connectivity index (χ1) is 25.0. The molecule has 4 N–H and O–H groups in total. The van der Waals surface area contributed by atoms with Gasteiger partial charge in [-0.15, -0.1) is 0 Å². The Balaban J connectivity index is 1.11. The number of nitrogens with one attached hydrogen (secondary N) is 2. The number of aliphatic hydroxyl groups is 1. The zero-order valence-electron chi connectivity index (χ0n) is 29.7. The SMILES string of the molecule is O=C(CCCCCC(=O)NCc1cccc(-c2cccc(C3OC(CN4CCCC4CN4CCCC4)CC(c4ccc(CO)cc4)O3)c2)c1)NO. The Labute approximate surface area is 302 Å². The first-order valence-corrected chi connectivity index (χ1v) is 18.8. The standard InChI is InChI=1S/C41H54N4O6/c46-29-30-16-18-32(19-17-30)38-25-37(28-45-22-8-13-36(45)27-44-20-4-5-21-44)50-41(51-38)35-12-7-11-34(24-35)33-10-6-9-31(23-33)26-42-39(47)14-2-1-3-15-40(48)43-49/h6-7,9-12,16-19,23-24,36-38,41,46,49H,1-5,8,13-15,20-22,25-29H2,(H,42,47)(H,43,48). The van der Waals surface area contributed by atoms with Crippen LogP contribution in [0.4, 0.5) is 0 Å². The number of likely N-dealkylation sites (tertiary alicyclic amines) is 2. The molecule has 4 unspecified atom stereocenters. The van der Waals surface area contributed by atoms with Crippen LogP contribution in [0.15, 0.2) is 72.8 Å². The summed E-state index contributed by atoms with van der Waals surface area (Å²) < 4.78 is 13.5. The van der Waals surface area contributed by atoms with E-state index in [9.17, 15) is 14.7 Å². The van der Waals surface area contributed by atoms with E-state index in [1.807, 2.05) is 24.3 Å². The van der Waals surface area contributed by atoms with Crippen LogP contribution in [-0.2, 0) is 32.2 Å². The Morgan fingerprint density at radius 1 is 0.765 bits per heavy atom. The zero-order chi connectivity index (χ0) is 35.4. The van der Waals surface area contributed by atoms with Crippen molar-refractivity contribution in [3.05, 3.63) is 95.1 Å². The number of hydroxylamine groups is 1. The highest BCUT2D eigenvalue weighted by molar-refractivity contribution is 5.76. The number of hydrogen-bond acceptors (Lipinski definition) is 8. The lowest BCUT2D eigenvalue weighted by Crippen LogP contribution is -2.45. The highest BCUT2D eigenvalue weighted by Crippen LogP contribution is 2.39. The number of hydrogen-bond donors (Lipinski definition) is 4. The molecule has 0 radical (unpaired) electrons. The van der Waals surface area contributed by atoms with E-state index in [1.54, 1.807) is 5.48 Å². The molecule has 3 saturated heterocycles. The third-order valence-corrected chi connectivity index (χ3v) is 10.6. The summed E-state index contributed by atoms with van der Waals surface area (Å²) in [6, 6.07) is 25.3. The fourth-order valence-electron chi connectivity index (χ4n) is 7.72. The van der Waals surface area contributed by atoms with Crippen molar-refractivity contribution < 1.29 is 29.4 Å². The van der Waals surface area contributed by atoms with E-state index < -0.39 is 12.2 Å². The quantitative estimate of drug-likeness (QED) is 0.0814. The van der Waals surface area contributed by atoms with Gasteiger partial charge in [0, 0.05) is 50.5 Å². The molecule has 0 aromatic heterocycles. The molecule has 10 nitrogen and oxygen atoms in total. The summed E-state index contributed by atoms with van der Waals surface area (Å²) in [6.07, 6.45) is 7.96. The van der Waals surface area contributed by atoms with Crippen molar-refractivity contribution in [1.82, 2.24) is 20.6 Å². The van der Waals surface area contributed by atoms with E-state index in [4.69, 9.17) is 14.7 Å². The summed E-state index contributed by atoms with van der Waals surface area (Å²) in [5.41, 5.74) is 7.70. The molecule has 51 heavy (non-hydrogen) atoms. The summed E-state index contributed by atoms with van der Waals surface area (Å²) in [4.78, 5) is 28.9. The minimum Gasteiger partial charge on any atom is -0.392 e. The third kappa shape index (κ3) is 10.7. The molecule has 6 rings (SSSR count). The Kier molecular flexibility index (Phi) is 13.6. The fourth-order valence-corrected chi connectivity index (χ4v) is 7.72. The van der Waals surface area contributed by atoms with Crippen molar-refractivity contribution in [1.29, 1.82) is 0 Å². The lowest BCUT2D eigenvalue weighted by molar-refractivity contribution is -0.253. The van der Waals surface area contributed by atoms with Crippen molar-refractivity contribution in [2.75, 3.05) is 32.7 Å². The summed E-state index contributed by atoms with van der Waals surface area (Å²) in [7, 11) is 0. The van der Waals surface area contributed by atoms with Gasteiger partial charge in [-0.3, -0.25) is 19.7 Å². The average molecular weight is 699 g/mol. The maximum atomic E-state index is 12.5. The highest BCUT2D eigenvalue weighted by Gasteiger charge is 2.36. The van der Waals surface area contributed by atoms with Gasteiger partial charge in [-0.05, 0) is 98.1 Å². The van der Waals surface area contributed by atoms with Gasteiger partial charge in [0.15, 0.2) is 6.29 Å². The van der Waals surface area contributed by atoms with Crippen LogP contribution in [0.5, 0.6) is 0 Å². The molecule has 3 aromatic rings. The first kappa shape index (κ1) is 37.1. The number of carbonyl (C=O) groups is 2. The van der Waals surface area contributed by atoms with E-state index in [1.165, 1.54) is 38.8 Å². The van der Waals surface area contributed by atoms with Crippen LogP contribution in [-0.4, -0.2) is 76.8 Å². The van der Waals surface area contributed by atoms with Gasteiger partial charge < -0.3 is 24.8 Å². The molecule has 4 atom stereocenters. The van der Waals surface area contributed by atoms with Gasteiger partial charge in [0.25, 0.3) is 0 Å². The molecule has 0 spiro atoms.